The van der Waals surface area contributed by atoms with Gasteiger partial charge in [-0.05, 0) is 25.1 Å². The van der Waals surface area contributed by atoms with E-state index in [4.69, 9.17) is 9.47 Å². The van der Waals surface area contributed by atoms with Gasteiger partial charge < -0.3 is 9.47 Å². The molecule has 2 aromatic heterocycles. The molecule has 9 heteroatoms. The summed E-state index contributed by atoms with van der Waals surface area (Å²) in [7, 11) is 0. The highest BCUT2D eigenvalue weighted by molar-refractivity contribution is 7.09. The molecule has 2 heterocycles. The molecule has 0 aliphatic carbocycles. The van der Waals surface area contributed by atoms with Gasteiger partial charge in [-0.25, -0.2) is 9.67 Å². The number of carbonyl (C=O) groups excluding carboxylic acids is 3. The minimum atomic E-state index is -0.560. The van der Waals surface area contributed by atoms with E-state index in [9.17, 15) is 14.4 Å². The second-order valence-electron chi connectivity index (χ2n) is 5.96. The summed E-state index contributed by atoms with van der Waals surface area (Å²) < 4.78 is 11.5. The summed E-state index contributed by atoms with van der Waals surface area (Å²) in [5.41, 5.74) is 2.41. The molecule has 28 heavy (non-hydrogen) atoms. The lowest BCUT2D eigenvalue weighted by atomic mass is 10.1. The summed E-state index contributed by atoms with van der Waals surface area (Å²) in [6, 6.07) is 4.72. The van der Waals surface area contributed by atoms with Crippen molar-refractivity contribution in [1.82, 2.24) is 14.8 Å². The van der Waals surface area contributed by atoms with E-state index in [1.54, 1.807) is 12.3 Å². The molecule has 8 nitrogen and oxygen atoms in total. The normalized spacial score (nSPS) is 10.6. The Hall–Kier alpha value is -3.33. The number of rotatable bonds is 4. The fraction of sp³-hybridized carbons (Fsp3) is 0.211. The number of thiazole rings is 1. The van der Waals surface area contributed by atoms with Gasteiger partial charge in [0.2, 0.25) is 5.91 Å². The van der Waals surface area contributed by atoms with E-state index in [1.807, 2.05) is 12.3 Å². The fourth-order valence-electron chi connectivity index (χ4n) is 2.55. The number of aryl methyl sites for hydroxylation is 1. The third-order valence-corrected chi connectivity index (χ3v) is 4.43. The van der Waals surface area contributed by atoms with Crippen LogP contribution in [0.4, 0.5) is 0 Å². The standard InChI is InChI=1S/C19H17N3O5S/c1-10-20-16(9-28-10)15-8-22(11(2)23)21-19(15)14-5-6-17(26-12(3)24)18(7-14)27-13(4)25/h5-9H,1-4H3. The smallest absolute Gasteiger partial charge is 0.308 e. The lowest BCUT2D eigenvalue weighted by molar-refractivity contribution is -0.134. The number of esters is 2. The van der Waals surface area contributed by atoms with E-state index >= 15 is 0 Å². The van der Waals surface area contributed by atoms with Crippen LogP contribution in [0.1, 0.15) is 30.6 Å². The number of nitrogens with zero attached hydrogens (tertiary/aromatic N) is 3. The molecule has 0 fully saturated rings. The molecule has 1 aromatic carbocycles. The van der Waals surface area contributed by atoms with Gasteiger partial charge in [-0.15, -0.1) is 11.3 Å². The van der Waals surface area contributed by atoms with Gasteiger partial charge in [0.15, 0.2) is 11.5 Å². The summed E-state index contributed by atoms with van der Waals surface area (Å²) in [5.74, 6) is -1.16. The average molecular weight is 399 g/mol. The summed E-state index contributed by atoms with van der Waals surface area (Å²) in [6.07, 6.45) is 1.61. The van der Waals surface area contributed by atoms with Crippen molar-refractivity contribution in [1.29, 1.82) is 0 Å². The Morgan fingerprint density at radius 2 is 1.71 bits per heavy atom. The predicted molar refractivity (Wildman–Crippen MR) is 102 cm³/mol. The topological polar surface area (TPSA) is 100 Å². The third-order valence-electron chi connectivity index (χ3n) is 3.66. The van der Waals surface area contributed by atoms with E-state index < -0.39 is 11.9 Å². The van der Waals surface area contributed by atoms with Crippen LogP contribution in [-0.4, -0.2) is 32.6 Å². The first-order valence-electron chi connectivity index (χ1n) is 8.29. The average Bonchev–Trinajstić information content (AvgIpc) is 3.22. The summed E-state index contributed by atoms with van der Waals surface area (Å²) in [6.45, 7) is 5.79. The molecular weight excluding hydrogens is 382 g/mol. The van der Waals surface area contributed by atoms with Crippen molar-refractivity contribution in [2.24, 2.45) is 0 Å². The Kier molecular flexibility index (Phi) is 5.36. The van der Waals surface area contributed by atoms with Crippen LogP contribution in [0.15, 0.2) is 29.8 Å². The molecule has 3 rings (SSSR count). The Labute approximate surface area is 164 Å². The van der Waals surface area contributed by atoms with E-state index in [0.717, 1.165) is 5.01 Å². The van der Waals surface area contributed by atoms with Crippen LogP contribution in [0.3, 0.4) is 0 Å². The molecule has 0 radical (unpaired) electrons. The van der Waals surface area contributed by atoms with Crippen LogP contribution in [0.2, 0.25) is 0 Å². The lowest BCUT2D eigenvalue weighted by Crippen LogP contribution is -2.07. The van der Waals surface area contributed by atoms with Gasteiger partial charge in [0.05, 0.1) is 10.7 Å². The highest BCUT2D eigenvalue weighted by atomic mass is 32.1. The van der Waals surface area contributed by atoms with Crippen LogP contribution < -0.4 is 9.47 Å². The zero-order valence-corrected chi connectivity index (χ0v) is 16.5. The third kappa shape index (κ3) is 4.15. The van der Waals surface area contributed by atoms with Gasteiger partial charge in [-0.2, -0.15) is 5.10 Å². The molecule has 0 aliphatic rings. The van der Waals surface area contributed by atoms with E-state index in [2.05, 4.69) is 10.1 Å². The maximum absolute atomic E-state index is 11.8. The van der Waals surface area contributed by atoms with Crippen molar-refractivity contribution in [2.75, 3.05) is 0 Å². The predicted octanol–water partition coefficient (Wildman–Crippen LogP) is 3.49. The molecule has 0 N–H and O–H groups in total. The minimum Gasteiger partial charge on any atom is -0.423 e. The molecule has 144 valence electrons. The molecule has 0 aliphatic heterocycles. The number of hydrogen-bond donors (Lipinski definition) is 0. The van der Waals surface area contributed by atoms with E-state index in [-0.39, 0.29) is 17.4 Å². The molecule has 3 aromatic rings. The maximum Gasteiger partial charge on any atom is 0.308 e. The highest BCUT2D eigenvalue weighted by Gasteiger charge is 2.19. The second-order valence-corrected chi connectivity index (χ2v) is 7.02. The van der Waals surface area contributed by atoms with Crippen molar-refractivity contribution in [3.05, 3.63) is 34.8 Å². The monoisotopic (exact) mass is 399 g/mol. The first-order valence-corrected chi connectivity index (χ1v) is 9.17. The van der Waals surface area contributed by atoms with Crippen molar-refractivity contribution in [3.63, 3.8) is 0 Å². The van der Waals surface area contributed by atoms with Gasteiger partial charge in [0.25, 0.3) is 0 Å². The van der Waals surface area contributed by atoms with E-state index in [1.165, 1.54) is 48.9 Å². The molecule has 0 spiro atoms. The summed E-state index contributed by atoms with van der Waals surface area (Å²) >= 11 is 1.48. The number of aromatic nitrogens is 3. The number of hydrogen-bond acceptors (Lipinski definition) is 8. The molecule has 0 saturated carbocycles. The van der Waals surface area contributed by atoms with Gasteiger partial charge in [0, 0.05) is 43.5 Å². The zero-order valence-electron chi connectivity index (χ0n) is 15.7. The van der Waals surface area contributed by atoms with Crippen LogP contribution in [0.25, 0.3) is 22.5 Å². The quantitative estimate of drug-likeness (QED) is 0.489. The fourth-order valence-corrected chi connectivity index (χ4v) is 3.17. The van der Waals surface area contributed by atoms with Crippen molar-refractivity contribution in [3.8, 4) is 34.0 Å². The van der Waals surface area contributed by atoms with E-state index in [0.29, 0.717) is 22.5 Å². The lowest BCUT2D eigenvalue weighted by Gasteiger charge is -2.10. The van der Waals surface area contributed by atoms with Crippen molar-refractivity contribution < 1.29 is 23.9 Å². The first kappa shape index (κ1) is 19.4. The molecule has 0 saturated heterocycles. The highest BCUT2D eigenvalue weighted by Crippen LogP contribution is 2.37. The SMILES string of the molecule is CC(=O)Oc1ccc(-c2nn(C(C)=O)cc2-c2csc(C)n2)cc1OC(C)=O. The van der Waals surface area contributed by atoms with Crippen LogP contribution in [-0.2, 0) is 9.59 Å². The first-order chi connectivity index (χ1) is 13.2. The van der Waals surface area contributed by atoms with Gasteiger partial charge in [-0.1, -0.05) is 0 Å². The number of ether oxygens (including phenoxy) is 2. The maximum atomic E-state index is 11.8. The van der Waals surface area contributed by atoms with Gasteiger partial charge in [0.1, 0.15) is 5.69 Å². The summed E-state index contributed by atoms with van der Waals surface area (Å²) in [5, 5.41) is 7.11. The summed E-state index contributed by atoms with van der Waals surface area (Å²) in [4.78, 5) is 39.0. The molecule has 0 bridgehead atoms. The van der Waals surface area contributed by atoms with Gasteiger partial charge >= 0.3 is 11.9 Å². The Bertz CT molecular complexity index is 1080. The molecule has 0 atom stereocenters. The number of benzene rings is 1. The largest absolute Gasteiger partial charge is 0.423 e. The Morgan fingerprint density at radius 1 is 1.04 bits per heavy atom. The molecular formula is C19H17N3O5S. The van der Waals surface area contributed by atoms with Crippen LogP contribution >= 0.6 is 11.3 Å². The van der Waals surface area contributed by atoms with Gasteiger partial charge in [-0.3, -0.25) is 14.4 Å². The zero-order chi connectivity index (χ0) is 20.4. The van der Waals surface area contributed by atoms with Crippen molar-refractivity contribution in [2.45, 2.75) is 27.7 Å². The molecule has 0 unspecified atom stereocenters. The van der Waals surface area contributed by atoms with Crippen LogP contribution in [0, 0.1) is 6.92 Å². The second kappa shape index (κ2) is 7.73. The van der Waals surface area contributed by atoms with Crippen molar-refractivity contribution >= 4 is 29.2 Å². The molecule has 0 amide bonds. The minimum absolute atomic E-state index is 0.0815. The Balaban J connectivity index is 2.15. The number of carbonyl (C=O) groups is 3. The Morgan fingerprint density at radius 3 is 2.29 bits per heavy atom. The van der Waals surface area contributed by atoms with Crippen LogP contribution in [0.5, 0.6) is 11.5 Å².